The van der Waals surface area contributed by atoms with Crippen LogP contribution in [-0.2, 0) is 9.53 Å². The van der Waals surface area contributed by atoms with E-state index in [4.69, 9.17) is 4.74 Å². The minimum absolute atomic E-state index is 0.344. The Morgan fingerprint density at radius 3 is 2.53 bits per heavy atom. The van der Waals surface area contributed by atoms with E-state index < -0.39 is 0 Å². The fourth-order valence-corrected chi connectivity index (χ4v) is 1.70. The predicted octanol–water partition coefficient (Wildman–Crippen LogP) is 3.16. The van der Waals surface area contributed by atoms with Crippen molar-refractivity contribution in [2.75, 3.05) is 6.61 Å². The average molecular weight is 222 g/mol. The summed E-state index contributed by atoms with van der Waals surface area (Å²) in [6.07, 6.45) is 0. The molecule has 0 amide bonds. The van der Waals surface area contributed by atoms with Gasteiger partial charge in [-0.1, -0.05) is 36.0 Å². The fraction of sp³-hybridized carbons (Fsp3) is 0.250. The van der Waals surface area contributed by atoms with Crippen LogP contribution in [0.5, 0.6) is 0 Å². The van der Waals surface area contributed by atoms with Crippen LogP contribution < -0.4 is 0 Å². The number of benzene rings is 1. The summed E-state index contributed by atoms with van der Waals surface area (Å²) in [7, 11) is 0. The molecule has 0 aromatic heterocycles. The summed E-state index contributed by atoms with van der Waals surface area (Å²) in [5.74, 6) is -0.344. The molecule has 0 aliphatic heterocycles. The molecule has 15 heavy (non-hydrogen) atoms. The molecule has 1 aromatic carbocycles. The second-order valence-corrected chi connectivity index (χ2v) is 4.23. The van der Waals surface area contributed by atoms with E-state index in [-0.39, 0.29) is 5.97 Å². The molecule has 1 rings (SSSR count). The standard InChI is InChI=1S/C12H14O2S/c1-4-14-12(13)10(3)15-11-7-5-9(2)6-8-11/h5-8H,3-4H2,1-2H3. The second kappa shape index (κ2) is 5.61. The van der Waals surface area contributed by atoms with Crippen molar-refractivity contribution in [2.24, 2.45) is 0 Å². The molecule has 0 N–H and O–H groups in total. The molecule has 3 heteroatoms. The monoisotopic (exact) mass is 222 g/mol. The summed E-state index contributed by atoms with van der Waals surface area (Å²) in [6.45, 7) is 7.86. The molecule has 0 saturated heterocycles. The van der Waals surface area contributed by atoms with Crippen LogP contribution in [0, 0.1) is 6.92 Å². The van der Waals surface area contributed by atoms with E-state index in [1.165, 1.54) is 17.3 Å². The molecule has 0 saturated carbocycles. The Hall–Kier alpha value is -1.22. The zero-order valence-electron chi connectivity index (χ0n) is 8.95. The lowest BCUT2D eigenvalue weighted by Gasteiger charge is -2.04. The molecular formula is C12H14O2S. The van der Waals surface area contributed by atoms with Crippen LogP contribution in [0.2, 0.25) is 0 Å². The van der Waals surface area contributed by atoms with E-state index in [0.717, 1.165) is 4.90 Å². The van der Waals surface area contributed by atoms with Gasteiger partial charge in [-0.15, -0.1) is 0 Å². The third kappa shape index (κ3) is 3.80. The number of ether oxygens (including phenoxy) is 1. The zero-order chi connectivity index (χ0) is 11.3. The van der Waals surface area contributed by atoms with Crippen molar-refractivity contribution in [1.82, 2.24) is 0 Å². The Morgan fingerprint density at radius 1 is 1.40 bits per heavy atom. The quantitative estimate of drug-likeness (QED) is 0.444. The molecule has 0 spiro atoms. The first-order valence-electron chi connectivity index (χ1n) is 4.74. The molecule has 0 bridgehead atoms. The highest BCUT2D eigenvalue weighted by Gasteiger charge is 2.08. The van der Waals surface area contributed by atoms with E-state index in [0.29, 0.717) is 11.5 Å². The van der Waals surface area contributed by atoms with Crippen molar-refractivity contribution < 1.29 is 9.53 Å². The zero-order valence-corrected chi connectivity index (χ0v) is 9.76. The van der Waals surface area contributed by atoms with Crippen LogP contribution in [0.3, 0.4) is 0 Å². The largest absolute Gasteiger partial charge is 0.462 e. The van der Waals surface area contributed by atoms with Gasteiger partial charge < -0.3 is 4.74 Å². The van der Waals surface area contributed by atoms with E-state index in [2.05, 4.69) is 6.58 Å². The van der Waals surface area contributed by atoms with E-state index in [1.807, 2.05) is 31.2 Å². The van der Waals surface area contributed by atoms with E-state index in [1.54, 1.807) is 6.92 Å². The lowest BCUT2D eigenvalue weighted by atomic mass is 10.2. The van der Waals surface area contributed by atoms with Crippen molar-refractivity contribution in [3.63, 3.8) is 0 Å². The molecule has 0 aliphatic rings. The summed E-state index contributed by atoms with van der Waals surface area (Å²) >= 11 is 1.33. The Labute approximate surface area is 94.3 Å². The van der Waals surface area contributed by atoms with Crippen LogP contribution in [0.25, 0.3) is 0 Å². The average Bonchev–Trinajstić information content (AvgIpc) is 2.22. The normalized spacial score (nSPS) is 9.73. The second-order valence-electron chi connectivity index (χ2n) is 3.06. The fourth-order valence-electron chi connectivity index (χ4n) is 1.00. The summed E-state index contributed by atoms with van der Waals surface area (Å²) in [5.41, 5.74) is 1.20. The summed E-state index contributed by atoms with van der Waals surface area (Å²) < 4.78 is 4.84. The summed E-state index contributed by atoms with van der Waals surface area (Å²) in [4.78, 5) is 12.7. The minimum atomic E-state index is -0.344. The van der Waals surface area contributed by atoms with Crippen molar-refractivity contribution in [3.05, 3.63) is 41.3 Å². The number of aryl methyl sites for hydroxylation is 1. The molecule has 1 aromatic rings. The number of carbonyl (C=O) groups is 1. The Morgan fingerprint density at radius 2 is 2.00 bits per heavy atom. The Balaban J connectivity index is 2.58. The van der Waals surface area contributed by atoms with Crippen LogP contribution in [0.15, 0.2) is 40.6 Å². The third-order valence-corrected chi connectivity index (χ3v) is 2.69. The maximum absolute atomic E-state index is 11.3. The molecule has 80 valence electrons. The Bertz CT molecular complexity index is 354. The number of rotatable bonds is 4. The molecule has 0 unspecified atom stereocenters. The SMILES string of the molecule is C=C(Sc1ccc(C)cc1)C(=O)OCC. The lowest BCUT2D eigenvalue weighted by Crippen LogP contribution is -2.03. The van der Waals surface area contributed by atoms with Gasteiger partial charge in [-0.25, -0.2) is 4.79 Å². The molecule has 0 radical (unpaired) electrons. The Kier molecular flexibility index (Phi) is 4.43. The summed E-state index contributed by atoms with van der Waals surface area (Å²) in [6, 6.07) is 7.93. The van der Waals surface area contributed by atoms with Gasteiger partial charge >= 0.3 is 5.97 Å². The lowest BCUT2D eigenvalue weighted by molar-refractivity contribution is -0.137. The van der Waals surface area contributed by atoms with Gasteiger partial charge in [0, 0.05) is 4.90 Å². The predicted molar refractivity (Wildman–Crippen MR) is 62.8 cm³/mol. The molecule has 0 atom stereocenters. The topological polar surface area (TPSA) is 26.3 Å². The van der Waals surface area contributed by atoms with Gasteiger partial charge in [0.1, 0.15) is 0 Å². The van der Waals surface area contributed by atoms with Crippen molar-refractivity contribution in [1.29, 1.82) is 0 Å². The molecular weight excluding hydrogens is 208 g/mol. The first kappa shape index (κ1) is 11.9. The molecule has 0 fully saturated rings. The number of hydrogen-bond acceptors (Lipinski definition) is 3. The molecule has 2 nitrogen and oxygen atoms in total. The highest BCUT2D eigenvalue weighted by Crippen LogP contribution is 2.26. The van der Waals surface area contributed by atoms with E-state index in [9.17, 15) is 4.79 Å². The van der Waals surface area contributed by atoms with Gasteiger partial charge in [0.25, 0.3) is 0 Å². The van der Waals surface area contributed by atoms with E-state index >= 15 is 0 Å². The summed E-state index contributed by atoms with van der Waals surface area (Å²) in [5, 5.41) is 0. The van der Waals surface area contributed by atoms with Crippen molar-refractivity contribution in [2.45, 2.75) is 18.7 Å². The van der Waals surface area contributed by atoms with Gasteiger partial charge in [-0.05, 0) is 26.0 Å². The van der Waals surface area contributed by atoms with Crippen LogP contribution in [0.4, 0.5) is 0 Å². The maximum Gasteiger partial charge on any atom is 0.344 e. The van der Waals surface area contributed by atoms with Crippen molar-refractivity contribution in [3.8, 4) is 0 Å². The highest BCUT2D eigenvalue weighted by molar-refractivity contribution is 8.04. The number of hydrogen-bond donors (Lipinski definition) is 0. The third-order valence-electron chi connectivity index (χ3n) is 1.77. The van der Waals surface area contributed by atoms with Gasteiger partial charge in [-0.2, -0.15) is 0 Å². The van der Waals surface area contributed by atoms with Gasteiger partial charge in [0.15, 0.2) is 0 Å². The van der Waals surface area contributed by atoms with Crippen LogP contribution in [0.1, 0.15) is 12.5 Å². The molecule has 0 heterocycles. The first-order chi connectivity index (χ1) is 7.13. The maximum atomic E-state index is 11.3. The first-order valence-corrected chi connectivity index (χ1v) is 5.55. The highest BCUT2D eigenvalue weighted by atomic mass is 32.2. The number of carbonyl (C=O) groups excluding carboxylic acids is 1. The molecule has 0 aliphatic carbocycles. The van der Waals surface area contributed by atoms with Crippen LogP contribution in [-0.4, -0.2) is 12.6 Å². The van der Waals surface area contributed by atoms with Gasteiger partial charge in [-0.3, -0.25) is 0 Å². The smallest absolute Gasteiger partial charge is 0.344 e. The minimum Gasteiger partial charge on any atom is -0.462 e. The van der Waals surface area contributed by atoms with Gasteiger partial charge in [0.05, 0.1) is 11.5 Å². The number of esters is 1. The van der Waals surface area contributed by atoms with Crippen LogP contribution >= 0.6 is 11.8 Å². The number of thioether (sulfide) groups is 1. The van der Waals surface area contributed by atoms with Gasteiger partial charge in [0.2, 0.25) is 0 Å². The van der Waals surface area contributed by atoms with Crippen molar-refractivity contribution >= 4 is 17.7 Å².